The van der Waals surface area contributed by atoms with E-state index >= 15 is 0 Å². The molecule has 0 bridgehead atoms. The van der Waals surface area contributed by atoms with Crippen molar-refractivity contribution < 1.29 is 29.3 Å². The Bertz CT molecular complexity index is 254. The van der Waals surface area contributed by atoms with E-state index in [0.717, 1.165) is 12.8 Å². The maximum Gasteiger partial charge on any atom is 0.359 e. The molecular formula is C15H32NO5+. The largest absolute Gasteiger partial charge is 0.477 e. The third kappa shape index (κ3) is 10.6. The van der Waals surface area contributed by atoms with E-state index in [-0.39, 0.29) is 44.1 Å². The van der Waals surface area contributed by atoms with Gasteiger partial charge in [-0.2, -0.15) is 0 Å². The number of carbonyl (C=O) groups is 1. The van der Waals surface area contributed by atoms with E-state index in [0.29, 0.717) is 6.61 Å². The summed E-state index contributed by atoms with van der Waals surface area (Å²) in [5.74, 6) is -0.944. The van der Waals surface area contributed by atoms with Crippen LogP contribution in [0.5, 0.6) is 0 Å². The molecule has 6 nitrogen and oxygen atoms in total. The standard InChI is InChI=1S/C15H31NO5/c1-2-3-4-5-6-7-12-21-14-16(8-10-17,9-11-18)13-15(19)20/h17-18H,2-14H2,1H3/p+1. The van der Waals surface area contributed by atoms with Crippen molar-refractivity contribution in [2.24, 2.45) is 0 Å². The van der Waals surface area contributed by atoms with Gasteiger partial charge in [-0.3, -0.25) is 4.48 Å². The molecule has 0 radical (unpaired) electrons. The number of nitrogens with zero attached hydrogens (tertiary/aromatic N) is 1. The van der Waals surface area contributed by atoms with Crippen LogP contribution in [-0.4, -0.2) is 72.0 Å². The fourth-order valence-corrected chi connectivity index (χ4v) is 2.40. The lowest BCUT2D eigenvalue weighted by atomic mass is 10.1. The summed E-state index contributed by atoms with van der Waals surface area (Å²) in [4.78, 5) is 11.0. The van der Waals surface area contributed by atoms with Gasteiger partial charge >= 0.3 is 5.97 Å². The molecule has 0 saturated carbocycles. The van der Waals surface area contributed by atoms with Crippen LogP contribution >= 0.6 is 0 Å². The minimum Gasteiger partial charge on any atom is -0.477 e. The average Bonchev–Trinajstić information content (AvgIpc) is 2.41. The van der Waals surface area contributed by atoms with Crippen molar-refractivity contribution in [1.82, 2.24) is 0 Å². The van der Waals surface area contributed by atoms with Crippen LogP contribution in [0.2, 0.25) is 0 Å². The molecule has 0 rings (SSSR count). The zero-order valence-corrected chi connectivity index (χ0v) is 13.3. The third-order valence-corrected chi connectivity index (χ3v) is 3.63. The number of quaternary nitrogens is 1. The third-order valence-electron chi connectivity index (χ3n) is 3.63. The predicted molar refractivity (Wildman–Crippen MR) is 80.9 cm³/mol. The molecule has 0 saturated heterocycles. The van der Waals surface area contributed by atoms with Crippen molar-refractivity contribution in [2.75, 3.05) is 46.2 Å². The first-order chi connectivity index (χ1) is 10.1. The van der Waals surface area contributed by atoms with Crippen molar-refractivity contribution in [1.29, 1.82) is 0 Å². The Morgan fingerprint density at radius 2 is 1.57 bits per heavy atom. The van der Waals surface area contributed by atoms with Crippen molar-refractivity contribution in [3.8, 4) is 0 Å². The van der Waals surface area contributed by atoms with Gasteiger partial charge in [-0.1, -0.05) is 39.0 Å². The smallest absolute Gasteiger partial charge is 0.359 e. The van der Waals surface area contributed by atoms with Crippen molar-refractivity contribution in [3.63, 3.8) is 0 Å². The van der Waals surface area contributed by atoms with Crippen LogP contribution in [-0.2, 0) is 9.53 Å². The molecule has 0 aliphatic carbocycles. The van der Waals surface area contributed by atoms with Crippen LogP contribution in [0.1, 0.15) is 45.4 Å². The molecule has 0 heterocycles. The zero-order chi connectivity index (χ0) is 16.0. The molecule has 3 N–H and O–H groups in total. The van der Waals surface area contributed by atoms with Crippen LogP contribution in [0.15, 0.2) is 0 Å². The molecule has 126 valence electrons. The summed E-state index contributed by atoms with van der Waals surface area (Å²) in [6.07, 6.45) is 7.05. The van der Waals surface area contributed by atoms with Gasteiger partial charge in [0.15, 0.2) is 13.3 Å². The van der Waals surface area contributed by atoms with Gasteiger partial charge in [0.2, 0.25) is 0 Å². The number of rotatable bonds is 15. The normalized spacial score (nSPS) is 11.8. The van der Waals surface area contributed by atoms with Crippen LogP contribution < -0.4 is 0 Å². The summed E-state index contributed by atoms with van der Waals surface area (Å²) < 4.78 is 5.67. The second kappa shape index (κ2) is 13.0. The Hall–Kier alpha value is -0.690. The highest BCUT2D eigenvalue weighted by Crippen LogP contribution is 2.09. The van der Waals surface area contributed by atoms with E-state index in [2.05, 4.69) is 6.92 Å². The summed E-state index contributed by atoms with van der Waals surface area (Å²) >= 11 is 0. The summed E-state index contributed by atoms with van der Waals surface area (Å²) in [6, 6.07) is 0. The number of aliphatic hydroxyl groups is 2. The molecule has 0 aromatic carbocycles. The highest BCUT2D eigenvalue weighted by atomic mass is 16.5. The summed E-state index contributed by atoms with van der Waals surface area (Å²) in [6.45, 7) is 3.20. The summed E-state index contributed by atoms with van der Waals surface area (Å²) in [5, 5.41) is 27.2. The first kappa shape index (κ1) is 20.3. The molecule has 0 aromatic rings. The van der Waals surface area contributed by atoms with E-state index in [1.165, 1.54) is 25.7 Å². The Morgan fingerprint density at radius 1 is 1.00 bits per heavy atom. The Labute approximate surface area is 127 Å². The SMILES string of the molecule is CCCCCCCCOC[N+](CCO)(CCO)CC(=O)O. The minimum atomic E-state index is -0.944. The first-order valence-corrected chi connectivity index (χ1v) is 7.96. The lowest BCUT2D eigenvalue weighted by Crippen LogP contribution is -2.55. The molecular weight excluding hydrogens is 274 g/mol. The molecule has 0 aliphatic rings. The van der Waals surface area contributed by atoms with Crippen LogP contribution in [0, 0.1) is 0 Å². The Kier molecular flexibility index (Phi) is 12.6. The van der Waals surface area contributed by atoms with Gasteiger partial charge in [0.25, 0.3) is 0 Å². The molecule has 0 fully saturated rings. The van der Waals surface area contributed by atoms with Crippen molar-refractivity contribution in [2.45, 2.75) is 45.4 Å². The number of carboxylic acid groups (broad SMARTS) is 1. The van der Waals surface area contributed by atoms with Crippen molar-refractivity contribution >= 4 is 5.97 Å². The quantitative estimate of drug-likeness (QED) is 0.240. The van der Waals surface area contributed by atoms with Gasteiger partial charge in [-0.05, 0) is 6.42 Å². The topological polar surface area (TPSA) is 87.0 Å². The fourth-order valence-electron chi connectivity index (χ4n) is 2.40. The van der Waals surface area contributed by atoms with E-state index < -0.39 is 5.97 Å². The summed E-state index contributed by atoms with van der Waals surface area (Å²) in [7, 11) is 0. The number of aliphatic carboxylic acids is 1. The fraction of sp³-hybridized carbons (Fsp3) is 0.933. The molecule has 0 aliphatic heterocycles. The molecule has 6 heteroatoms. The van der Waals surface area contributed by atoms with Crippen LogP contribution in [0.4, 0.5) is 0 Å². The first-order valence-electron chi connectivity index (χ1n) is 7.96. The molecule has 0 unspecified atom stereocenters. The molecule has 21 heavy (non-hydrogen) atoms. The van der Waals surface area contributed by atoms with Crippen LogP contribution in [0.25, 0.3) is 0 Å². The number of hydrogen-bond donors (Lipinski definition) is 3. The van der Waals surface area contributed by atoms with Crippen molar-refractivity contribution in [3.05, 3.63) is 0 Å². The number of ether oxygens (including phenoxy) is 1. The number of unbranched alkanes of at least 4 members (excludes halogenated alkanes) is 5. The van der Waals surface area contributed by atoms with Gasteiger partial charge < -0.3 is 20.1 Å². The molecule has 0 spiro atoms. The number of carboxylic acids is 1. The zero-order valence-electron chi connectivity index (χ0n) is 13.3. The minimum absolute atomic E-state index is 0.0676. The Morgan fingerprint density at radius 3 is 2.10 bits per heavy atom. The Balaban J connectivity index is 4.01. The highest BCUT2D eigenvalue weighted by Gasteiger charge is 2.29. The predicted octanol–water partition coefficient (Wildman–Crippen LogP) is 1.21. The number of hydrogen-bond acceptors (Lipinski definition) is 4. The van der Waals surface area contributed by atoms with Crippen LogP contribution in [0.3, 0.4) is 0 Å². The highest BCUT2D eigenvalue weighted by molar-refractivity contribution is 5.67. The second-order valence-corrected chi connectivity index (χ2v) is 5.59. The molecule has 0 aromatic heterocycles. The van der Waals surface area contributed by atoms with Gasteiger partial charge in [0, 0.05) is 0 Å². The van der Waals surface area contributed by atoms with Gasteiger partial charge in [0.1, 0.15) is 13.1 Å². The lowest BCUT2D eigenvalue weighted by molar-refractivity contribution is -0.939. The maximum atomic E-state index is 11.0. The second-order valence-electron chi connectivity index (χ2n) is 5.59. The average molecular weight is 306 g/mol. The monoisotopic (exact) mass is 306 g/mol. The number of aliphatic hydroxyl groups excluding tert-OH is 2. The maximum absolute atomic E-state index is 11.0. The van der Waals surface area contributed by atoms with E-state index in [9.17, 15) is 4.79 Å². The van der Waals surface area contributed by atoms with Gasteiger partial charge in [-0.25, -0.2) is 4.79 Å². The van der Waals surface area contributed by atoms with Gasteiger partial charge in [-0.15, -0.1) is 0 Å². The van der Waals surface area contributed by atoms with E-state index in [4.69, 9.17) is 20.1 Å². The van der Waals surface area contributed by atoms with E-state index in [1.54, 1.807) is 0 Å². The molecule has 0 amide bonds. The lowest BCUT2D eigenvalue weighted by Gasteiger charge is -2.35. The molecule has 0 atom stereocenters. The van der Waals surface area contributed by atoms with E-state index in [1.807, 2.05) is 0 Å². The summed E-state index contributed by atoms with van der Waals surface area (Å²) in [5.41, 5.74) is 0. The van der Waals surface area contributed by atoms with Gasteiger partial charge in [0.05, 0.1) is 19.8 Å².